The van der Waals surface area contributed by atoms with Gasteiger partial charge in [0.2, 0.25) is 5.91 Å². The lowest BCUT2D eigenvalue weighted by Gasteiger charge is -2.25. The van der Waals surface area contributed by atoms with Gasteiger partial charge in [-0.2, -0.15) is 0 Å². The Hall–Kier alpha value is -2.04. The van der Waals surface area contributed by atoms with Crippen molar-refractivity contribution in [3.8, 4) is 5.75 Å². The molecule has 1 N–H and O–H groups in total. The molecule has 0 unspecified atom stereocenters. The van der Waals surface area contributed by atoms with Crippen molar-refractivity contribution in [2.45, 2.75) is 40.2 Å². The van der Waals surface area contributed by atoms with E-state index in [-0.39, 0.29) is 30.5 Å². The molecule has 0 aliphatic heterocycles. The van der Waals surface area contributed by atoms with Crippen molar-refractivity contribution in [1.29, 1.82) is 0 Å². The standard InChI is InChI=1S/C17H26N2O3/c1-6-19(11-15(20)18-17(3,4)5)16(21)12-22-14-9-7-8-13(2)10-14/h7-10H,6,11-12H2,1-5H3,(H,18,20). The number of hydrogen-bond donors (Lipinski definition) is 1. The summed E-state index contributed by atoms with van der Waals surface area (Å²) < 4.78 is 5.49. The third kappa shape index (κ3) is 6.61. The van der Waals surface area contributed by atoms with Crippen LogP contribution in [0.4, 0.5) is 0 Å². The van der Waals surface area contributed by atoms with Gasteiger partial charge in [0.1, 0.15) is 5.75 Å². The Labute approximate surface area is 132 Å². The fraction of sp³-hybridized carbons (Fsp3) is 0.529. The summed E-state index contributed by atoms with van der Waals surface area (Å²) in [4.78, 5) is 25.5. The van der Waals surface area contributed by atoms with E-state index in [1.165, 1.54) is 4.90 Å². The second-order valence-electron chi connectivity index (χ2n) is 6.31. The third-order valence-electron chi connectivity index (χ3n) is 2.94. The van der Waals surface area contributed by atoms with Gasteiger partial charge in [-0.15, -0.1) is 0 Å². The topological polar surface area (TPSA) is 58.6 Å². The van der Waals surface area contributed by atoms with Crippen molar-refractivity contribution in [1.82, 2.24) is 10.2 Å². The number of ether oxygens (including phenoxy) is 1. The second kappa shape index (κ2) is 7.82. The summed E-state index contributed by atoms with van der Waals surface area (Å²) in [5.41, 5.74) is 0.763. The number of carbonyl (C=O) groups excluding carboxylic acids is 2. The summed E-state index contributed by atoms with van der Waals surface area (Å²) in [5.74, 6) is 0.287. The first-order valence-electron chi connectivity index (χ1n) is 7.49. The van der Waals surface area contributed by atoms with Crippen LogP contribution in [0.25, 0.3) is 0 Å². The fourth-order valence-electron chi connectivity index (χ4n) is 1.95. The molecule has 2 amide bonds. The Balaban J connectivity index is 2.52. The van der Waals surface area contributed by atoms with Gasteiger partial charge in [0, 0.05) is 12.1 Å². The summed E-state index contributed by atoms with van der Waals surface area (Å²) in [6, 6.07) is 7.52. The summed E-state index contributed by atoms with van der Waals surface area (Å²) in [6.07, 6.45) is 0. The highest BCUT2D eigenvalue weighted by molar-refractivity contribution is 5.85. The summed E-state index contributed by atoms with van der Waals surface area (Å²) in [5, 5.41) is 2.85. The van der Waals surface area contributed by atoms with Gasteiger partial charge in [0.25, 0.3) is 5.91 Å². The lowest BCUT2D eigenvalue weighted by atomic mass is 10.1. The van der Waals surface area contributed by atoms with Crippen molar-refractivity contribution in [2.75, 3.05) is 19.7 Å². The first-order chi connectivity index (χ1) is 10.2. The summed E-state index contributed by atoms with van der Waals surface area (Å²) >= 11 is 0. The first kappa shape index (κ1) is 18.0. The molecule has 0 radical (unpaired) electrons. The van der Waals surface area contributed by atoms with E-state index in [9.17, 15) is 9.59 Å². The lowest BCUT2D eigenvalue weighted by molar-refractivity contribution is -0.137. The van der Waals surface area contributed by atoms with Gasteiger partial charge in [-0.1, -0.05) is 12.1 Å². The molecule has 0 bridgehead atoms. The Morgan fingerprint density at radius 1 is 1.27 bits per heavy atom. The lowest BCUT2D eigenvalue weighted by Crippen LogP contribution is -2.48. The van der Waals surface area contributed by atoms with Crippen LogP contribution >= 0.6 is 0 Å². The molecule has 0 atom stereocenters. The number of benzene rings is 1. The average Bonchev–Trinajstić information content (AvgIpc) is 2.40. The monoisotopic (exact) mass is 306 g/mol. The highest BCUT2D eigenvalue weighted by Gasteiger charge is 2.19. The quantitative estimate of drug-likeness (QED) is 0.876. The molecule has 5 heteroatoms. The van der Waals surface area contributed by atoms with Gasteiger partial charge in [-0.3, -0.25) is 9.59 Å². The van der Waals surface area contributed by atoms with Gasteiger partial charge in [0.05, 0.1) is 6.54 Å². The molecule has 0 spiro atoms. The maximum atomic E-state index is 12.2. The van der Waals surface area contributed by atoms with Crippen molar-refractivity contribution in [3.63, 3.8) is 0 Å². The second-order valence-corrected chi connectivity index (χ2v) is 6.31. The van der Waals surface area contributed by atoms with E-state index >= 15 is 0 Å². The number of aryl methyl sites for hydroxylation is 1. The molecule has 0 saturated heterocycles. The van der Waals surface area contributed by atoms with Crippen LogP contribution in [0.2, 0.25) is 0 Å². The van der Waals surface area contributed by atoms with Crippen LogP contribution in [0, 0.1) is 6.92 Å². The van der Waals surface area contributed by atoms with E-state index in [0.717, 1.165) is 5.56 Å². The van der Waals surface area contributed by atoms with Crippen LogP contribution in [0.3, 0.4) is 0 Å². The zero-order valence-corrected chi connectivity index (χ0v) is 14.1. The third-order valence-corrected chi connectivity index (χ3v) is 2.94. The average molecular weight is 306 g/mol. The maximum Gasteiger partial charge on any atom is 0.260 e. The molecule has 1 aromatic carbocycles. The largest absolute Gasteiger partial charge is 0.484 e. The SMILES string of the molecule is CCN(CC(=O)NC(C)(C)C)C(=O)COc1cccc(C)c1. The van der Waals surface area contributed by atoms with Crippen LogP contribution in [-0.4, -0.2) is 41.9 Å². The minimum absolute atomic E-state index is 0.0454. The predicted molar refractivity (Wildman–Crippen MR) is 86.8 cm³/mol. The summed E-state index contributed by atoms with van der Waals surface area (Å²) in [7, 11) is 0. The Bertz CT molecular complexity index is 521. The van der Waals surface area contributed by atoms with E-state index in [1.54, 1.807) is 0 Å². The molecule has 1 aromatic rings. The van der Waals surface area contributed by atoms with Gasteiger partial charge >= 0.3 is 0 Å². The number of rotatable bonds is 6. The predicted octanol–water partition coefficient (Wildman–Crippen LogP) is 2.14. The smallest absolute Gasteiger partial charge is 0.260 e. The number of nitrogens with zero attached hydrogens (tertiary/aromatic N) is 1. The highest BCUT2D eigenvalue weighted by Crippen LogP contribution is 2.12. The van der Waals surface area contributed by atoms with Crippen LogP contribution in [0.5, 0.6) is 5.75 Å². The highest BCUT2D eigenvalue weighted by atomic mass is 16.5. The molecule has 0 aliphatic rings. The molecule has 0 aliphatic carbocycles. The number of amides is 2. The van der Waals surface area contributed by atoms with Crippen LogP contribution in [-0.2, 0) is 9.59 Å². The van der Waals surface area contributed by atoms with Crippen molar-refractivity contribution >= 4 is 11.8 Å². The molecule has 0 fully saturated rings. The van der Waals surface area contributed by atoms with Crippen molar-refractivity contribution < 1.29 is 14.3 Å². The number of hydrogen-bond acceptors (Lipinski definition) is 3. The van der Waals surface area contributed by atoms with Gasteiger partial charge < -0.3 is 15.0 Å². The van der Waals surface area contributed by atoms with Gasteiger partial charge in [-0.25, -0.2) is 0 Å². The number of likely N-dealkylation sites (N-methyl/N-ethyl adjacent to an activating group) is 1. The first-order valence-corrected chi connectivity index (χ1v) is 7.49. The van der Waals surface area contributed by atoms with E-state index in [2.05, 4.69) is 5.32 Å². The molecule has 0 heterocycles. The molecule has 1 rings (SSSR count). The Kier molecular flexibility index (Phi) is 6.40. The molecule has 122 valence electrons. The van der Waals surface area contributed by atoms with Gasteiger partial charge in [0.15, 0.2) is 6.61 Å². The Morgan fingerprint density at radius 2 is 1.95 bits per heavy atom. The van der Waals surface area contributed by atoms with Crippen LogP contribution in [0.15, 0.2) is 24.3 Å². The molecular formula is C17H26N2O3. The van der Waals surface area contributed by atoms with Crippen LogP contribution in [0.1, 0.15) is 33.3 Å². The van der Waals surface area contributed by atoms with Crippen LogP contribution < -0.4 is 10.1 Å². The van der Waals surface area contributed by atoms with Crippen molar-refractivity contribution in [3.05, 3.63) is 29.8 Å². The Morgan fingerprint density at radius 3 is 2.50 bits per heavy atom. The summed E-state index contributed by atoms with van der Waals surface area (Å²) in [6.45, 7) is 9.97. The van der Waals surface area contributed by atoms with Crippen molar-refractivity contribution in [2.24, 2.45) is 0 Å². The number of nitrogens with one attached hydrogen (secondary N) is 1. The van der Waals surface area contributed by atoms with E-state index in [1.807, 2.05) is 58.9 Å². The normalized spacial score (nSPS) is 11.0. The van der Waals surface area contributed by atoms with E-state index in [4.69, 9.17) is 4.74 Å². The zero-order chi connectivity index (χ0) is 16.8. The minimum Gasteiger partial charge on any atom is -0.484 e. The molecule has 0 aromatic heterocycles. The van der Waals surface area contributed by atoms with E-state index < -0.39 is 0 Å². The minimum atomic E-state index is -0.308. The fourth-order valence-corrected chi connectivity index (χ4v) is 1.95. The molecule has 5 nitrogen and oxygen atoms in total. The van der Waals surface area contributed by atoms with Gasteiger partial charge in [-0.05, 0) is 52.3 Å². The molecule has 0 saturated carbocycles. The molecular weight excluding hydrogens is 280 g/mol. The van der Waals surface area contributed by atoms with E-state index in [0.29, 0.717) is 12.3 Å². The zero-order valence-electron chi connectivity index (χ0n) is 14.1. The molecule has 22 heavy (non-hydrogen) atoms. The number of carbonyl (C=O) groups is 2. The maximum absolute atomic E-state index is 12.2.